The fraction of sp³-hybridized carbons (Fsp3) is 0.192. The zero-order chi connectivity index (χ0) is 25.6. The molecule has 1 fully saturated rings. The Morgan fingerprint density at radius 2 is 1.59 bits per heavy atom. The molecule has 8 nitrogen and oxygen atoms in total. The van der Waals surface area contributed by atoms with Gasteiger partial charge in [-0.05, 0) is 65.1 Å². The molecule has 0 amide bonds. The summed E-state index contributed by atoms with van der Waals surface area (Å²) in [4.78, 5) is 6.07. The highest BCUT2D eigenvalue weighted by Gasteiger charge is 2.39. The first-order valence-corrected chi connectivity index (χ1v) is 13.9. The quantitative estimate of drug-likeness (QED) is 0.343. The second-order valence-electron chi connectivity index (χ2n) is 8.90. The molecule has 0 aliphatic carbocycles. The van der Waals surface area contributed by atoms with Crippen LogP contribution in [0.2, 0.25) is 0 Å². The number of hydrogen-bond donors (Lipinski definition) is 1. The van der Waals surface area contributed by atoms with Crippen LogP contribution in [-0.4, -0.2) is 46.2 Å². The van der Waals surface area contributed by atoms with E-state index >= 15 is 0 Å². The molecule has 0 radical (unpaired) electrons. The highest BCUT2D eigenvalue weighted by Crippen LogP contribution is 2.39. The molecule has 6 rings (SSSR count). The van der Waals surface area contributed by atoms with Crippen LogP contribution in [0.3, 0.4) is 0 Å². The van der Waals surface area contributed by atoms with Crippen LogP contribution >= 0.6 is 11.8 Å². The van der Waals surface area contributed by atoms with Crippen molar-refractivity contribution >= 4 is 43.7 Å². The first-order valence-electron chi connectivity index (χ1n) is 11.6. The fourth-order valence-corrected chi connectivity index (χ4v) is 7.25. The van der Waals surface area contributed by atoms with E-state index in [1.54, 1.807) is 12.3 Å². The molecule has 1 aliphatic heterocycles. The summed E-state index contributed by atoms with van der Waals surface area (Å²) in [7, 11) is -3.94. The van der Waals surface area contributed by atoms with Crippen LogP contribution in [0.15, 0.2) is 92.2 Å². The maximum atomic E-state index is 13.6. The number of piperidine rings is 1. The van der Waals surface area contributed by atoms with E-state index in [2.05, 4.69) is 15.3 Å². The first-order chi connectivity index (χ1) is 17.8. The summed E-state index contributed by atoms with van der Waals surface area (Å²) < 4.78 is 46.8. The van der Waals surface area contributed by atoms with Crippen molar-refractivity contribution in [1.82, 2.24) is 19.6 Å². The summed E-state index contributed by atoms with van der Waals surface area (Å²) in [5.41, 5.74) is 0.672. The molecule has 0 saturated carbocycles. The molecule has 1 N–H and O–H groups in total. The van der Waals surface area contributed by atoms with Gasteiger partial charge in [0.15, 0.2) is 11.0 Å². The van der Waals surface area contributed by atoms with Gasteiger partial charge in [-0.15, -0.1) is 0 Å². The Hall–Kier alpha value is -3.38. The van der Waals surface area contributed by atoms with E-state index in [1.165, 1.54) is 46.4 Å². The van der Waals surface area contributed by atoms with Gasteiger partial charge >= 0.3 is 0 Å². The van der Waals surface area contributed by atoms with Gasteiger partial charge in [-0.25, -0.2) is 17.4 Å². The van der Waals surface area contributed by atoms with Crippen molar-refractivity contribution in [3.8, 4) is 0 Å². The number of hydrogen-bond acceptors (Lipinski definition) is 8. The van der Waals surface area contributed by atoms with E-state index in [4.69, 9.17) is 4.63 Å². The molecule has 0 spiro atoms. The van der Waals surface area contributed by atoms with Crippen molar-refractivity contribution in [2.75, 3.05) is 13.1 Å². The van der Waals surface area contributed by atoms with Crippen LogP contribution in [-0.2, 0) is 15.6 Å². The summed E-state index contributed by atoms with van der Waals surface area (Å²) in [6.07, 6.45) is 2.09. The number of halogens is 1. The third-order valence-corrected chi connectivity index (χ3v) is 9.73. The Morgan fingerprint density at radius 1 is 0.892 bits per heavy atom. The van der Waals surface area contributed by atoms with Crippen LogP contribution in [0.4, 0.5) is 4.39 Å². The summed E-state index contributed by atoms with van der Waals surface area (Å²) in [6.45, 7) is 0.197. The lowest BCUT2D eigenvalue weighted by Gasteiger charge is -2.37. The zero-order valence-electron chi connectivity index (χ0n) is 19.4. The third-order valence-electron chi connectivity index (χ3n) is 6.71. The molecule has 3 aromatic carbocycles. The van der Waals surface area contributed by atoms with Crippen LogP contribution in [0.1, 0.15) is 18.4 Å². The van der Waals surface area contributed by atoms with E-state index in [9.17, 15) is 17.9 Å². The number of sulfonamides is 1. The Kier molecular flexibility index (Phi) is 5.95. The van der Waals surface area contributed by atoms with E-state index in [0.717, 1.165) is 15.8 Å². The fourth-order valence-electron chi connectivity index (χ4n) is 4.67. The van der Waals surface area contributed by atoms with Crippen molar-refractivity contribution in [3.05, 3.63) is 84.3 Å². The lowest BCUT2D eigenvalue weighted by Crippen LogP contribution is -2.45. The van der Waals surface area contributed by atoms with Gasteiger partial charge in [0.1, 0.15) is 10.7 Å². The van der Waals surface area contributed by atoms with Crippen molar-refractivity contribution in [1.29, 1.82) is 0 Å². The van der Waals surface area contributed by atoms with Gasteiger partial charge in [0.05, 0.1) is 11.1 Å². The monoisotopic (exact) mass is 536 g/mol. The number of fused-ring (bicyclic) bond motifs is 2. The molecule has 0 unspecified atom stereocenters. The molecule has 1 saturated heterocycles. The average Bonchev–Trinajstić information content (AvgIpc) is 3.40. The maximum Gasteiger partial charge on any atom is 0.245 e. The molecular weight excluding hydrogens is 515 g/mol. The second-order valence-corrected chi connectivity index (χ2v) is 11.9. The van der Waals surface area contributed by atoms with Crippen LogP contribution in [0.25, 0.3) is 21.9 Å². The highest BCUT2D eigenvalue weighted by molar-refractivity contribution is 7.99. The Morgan fingerprint density at radius 3 is 2.38 bits per heavy atom. The van der Waals surface area contributed by atoms with Crippen molar-refractivity contribution < 1.29 is 22.5 Å². The summed E-state index contributed by atoms with van der Waals surface area (Å²) in [6, 6.07) is 18.6. The maximum absolute atomic E-state index is 13.6. The third kappa shape index (κ3) is 4.27. The largest absolute Gasteiger partial charge is 0.385 e. The Bertz CT molecular complexity index is 1710. The average molecular weight is 537 g/mol. The lowest BCUT2D eigenvalue weighted by molar-refractivity contribution is -0.00964. The van der Waals surface area contributed by atoms with Gasteiger partial charge in [-0.2, -0.15) is 4.31 Å². The van der Waals surface area contributed by atoms with Gasteiger partial charge in [0.2, 0.25) is 10.0 Å². The number of rotatable bonds is 5. The number of aromatic nitrogens is 3. The molecule has 5 aromatic rings. The highest BCUT2D eigenvalue weighted by atomic mass is 32.2. The van der Waals surface area contributed by atoms with Gasteiger partial charge < -0.3 is 5.11 Å². The summed E-state index contributed by atoms with van der Waals surface area (Å²) in [5.74, 6) is -0.393. The molecule has 11 heteroatoms. The van der Waals surface area contributed by atoms with Crippen LogP contribution < -0.4 is 0 Å². The SMILES string of the molecule is O=S(=O)(c1ccc(Sc2cccc3cccnc23)c2nonc12)N1CCC(O)(c2ccc(F)cc2)CC1. The molecule has 0 atom stereocenters. The van der Waals surface area contributed by atoms with Crippen molar-refractivity contribution in [2.24, 2.45) is 0 Å². The minimum atomic E-state index is -3.94. The molecule has 1 aliphatic rings. The van der Waals surface area contributed by atoms with E-state index in [1.807, 2.05) is 30.3 Å². The molecule has 37 heavy (non-hydrogen) atoms. The zero-order valence-corrected chi connectivity index (χ0v) is 21.0. The topological polar surface area (TPSA) is 109 Å². The first kappa shape index (κ1) is 24.0. The smallest absolute Gasteiger partial charge is 0.245 e. The lowest BCUT2D eigenvalue weighted by atomic mass is 9.85. The van der Waals surface area contributed by atoms with E-state index < -0.39 is 21.4 Å². The molecule has 3 heterocycles. The molecule has 0 bridgehead atoms. The van der Waals surface area contributed by atoms with Gasteiger partial charge in [-0.1, -0.05) is 42.1 Å². The van der Waals surface area contributed by atoms with Gasteiger partial charge in [0, 0.05) is 34.5 Å². The van der Waals surface area contributed by atoms with Crippen molar-refractivity contribution in [2.45, 2.75) is 33.1 Å². The molecule has 188 valence electrons. The summed E-state index contributed by atoms with van der Waals surface area (Å²) in [5, 5.41) is 20.0. The normalized spacial score (nSPS) is 16.4. The van der Waals surface area contributed by atoms with Gasteiger partial charge in [-0.3, -0.25) is 4.98 Å². The van der Waals surface area contributed by atoms with Crippen molar-refractivity contribution in [3.63, 3.8) is 0 Å². The summed E-state index contributed by atoms with van der Waals surface area (Å²) >= 11 is 1.41. The second kappa shape index (κ2) is 9.18. The Balaban J connectivity index is 1.29. The predicted octanol–water partition coefficient (Wildman–Crippen LogP) is 4.73. The van der Waals surface area contributed by atoms with E-state index in [0.29, 0.717) is 16.0 Å². The minimum absolute atomic E-state index is 0.00336. The standard InChI is InChI=1S/C26H21FN4O4S2/c27-19-8-6-18(7-9-19)26(32)12-15-31(16-13-26)37(33,34)22-11-10-21(24-25(22)30-35-29-24)36-20-5-1-3-17-4-2-14-28-23(17)20/h1-11,14,32H,12-13,15-16H2. The van der Waals surface area contributed by atoms with Crippen LogP contribution in [0.5, 0.6) is 0 Å². The van der Waals surface area contributed by atoms with Gasteiger partial charge in [0.25, 0.3) is 0 Å². The molecule has 2 aromatic heterocycles. The number of aliphatic hydroxyl groups is 1. The number of pyridine rings is 1. The Labute approximate surface area is 216 Å². The number of para-hydroxylation sites is 1. The minimum Gasteiger partial charge on any atom is -0.385 e. The number of benzene rings is 3. The number of nitrogens with zero attached hydrogens (tertiary/aromatic N) is 4. The van der Waals surface area contributed by atoms with Crippen LogP contribution in [0, 0.1) is 5.82 Å². The molecular formula is C26H21FN4O4S2. The predicted molar refractivity (Wildman–Crippen MR) is 136 cm³/mol. The van der Waals surface area contributed by atoms with E-state index in [-0.39, 0.29) is 36.3 Å².